The van der Waals surface area contributed by atoms with Crippen LogP contribution < -0.4 is 15.5 Å². The molecule has 5 nitrogen and oxygen atoms in total. The van der Waals surface area contributed by atoms with Gasteiger partial charge >= 0.3 is 0 Å². The van der Waals surface area contributed by atoms with E-state index in [1.54, 1.807) is 0 Å². The van der Waals surface area contributed by atoms with Crippen LogP contribution in [0.5, 0.6) is 0 Å². The van der Waals surface area contributed by atoms with Gasteiger partial charge in [-0.3, -0.25) is 14.9 Å². The second-order valence-electron chi connectivity index (χ2n) is 6.73. The van der Waals surface area contributed by atoms with Crippen LogP contribution >= 0.6 is 11.8 Å². The number of hydrogen-bond acceptors (Lipinski definition) is 5. The summed E-state index contributed by atoms with van der Waals surface area (Å²) in [5, 5.41) is 5.93. The summed E-state index contributed by atoms with van der Waals surface area (Å²) in [6, 6.07) is 6.30. The molecule has 24 heavy (non-hydrogen) atoms. The van der Waals surface area contributed by atoms with E-state index in [0.29, 0.717) is 18.8 Å². The van der Waals surface area contributed by atoms with E-state index in [2.05, 4.69) is 33.7 Å². The van der Waals surface area contributed by atoms with Crippen molar-refractivity contribution in [3.8, 4) is 0 Å². The first-order chi connectivity index (χ1) is 11.7. The average molecular weight is 345 g/mol. The van der Waals surface area contributed by atoms with Gasteiger partial charge in [-0.15, -0.1) is 11.8 Å². The molecular formula is C18H23N3O2S. The Hall–Kier alpha value is -1.53. The molecule has 0 saturated carbocycles. The summed E-state index contributed by atoms with van der Waals surface area (Å²) in [7, 11) is 0. The van der Waals surface area contributed by atoms with Gasteiger partial charge in [0.2, 0.25) is 11.8 Å². The molecule has 1 aromatic carbocycles. The molecule has 2 N–H and O–H groups in total. The average Bonchev–Trinajstić information content (AvgIpc) is 2.62. The lowest BCUT2D eigenvalue weighted by atomic mass is 9.89. The van der Waals surface area contributed by atoms with E-state index >= 15 is 0 Å². The van der Waals surface area contributed by atoms with Gasteiger partial charge in [0, 0.05) is 23.6 Å². The van der Waals surface area contributed by atoms with Crippen molar-refractivity contribution in [2.75, 3.05) is 30.3 Å². The van der Waals surface area contributed by atoms with Crippen LogP contribution in [0.2, 0.25) is 0 Å². The zero-order chi connectivity index (χ0) is 16.5. The molecule has 0 aromatic heterocycles. The van der Waals surface area contributed by atoms with E-state index in [9.17, 15) is 9.59 Å². The van der Waals surface area contributed by atoms with Crippen molar-refractivity contribution in [2.24, 2.45) is 0 Å². The minimum atomic E-state index is -0.217. The summed E-state index contributed by atoms with van der Waals surface area (Å²) in [6.07, 6.45) is 3.40. The highest BCUT2D eigenvalue weighted by Crippen LogP contribution is 2.43. The lowest BCUT2D eigenvalue weighted by molar-refractivity contribution is -0.134. The number of fused-ring (bicyclic) bond motifs is 1. The van der Waals surface area contributed by atoms with E-state index in [0.717, 1.165) is 25.4 Å². The molecule has 128 valence electrons. The minimum Gasteiger partial charge on any atom is -0.358 e. The number of anilines is 1. The van der Waals surface area contributed by atoms with Gasteiger partial charge in [-0.25, -0.2) is 0 Å². The summed E-state index contributed by atoms with van der Waals surface area (Å²) in [5.74, 6) is 1.31. The molecule has 2 amide bonds. The highest BCUT2D eigenvalue weighted by Gasteiger charge is 2.35. The fraction of sp³-hybridized carbons (Fsp3) is 0.556. The first kappa shape index (κ1) is 16.0. The Morgan fingerprint density at radius 2 is 1.96 bits per heavy atom. The molecule has 3 heterocycles. The van der Waals surface area contributed by atoms with Gasteiger partial charge in [-0.2, -0.15) is 0 Å². The van der Waals surface area contributed by atoms with Crippen molar-refractivity contribution in [3.63, 3.8) is 0 Å². The Kier molecular flexibility index (Phi) is 4.50. The second kappa shape index (κ2) is 6.76. The maximum absolute atomic E-state index is 12.3. The number of hydrogen-bond donors (Lipinski definition) is 2. The molecule has 1 aromatic rings. The van der Waals surface area contributed by atoms with Crippen molar-refractivity contribution < 1.29 is 9.59 Å². The van der Waals surface area contributed by atoms with Crippen molar-refractivity contribution in [3.05, 3.63) is 23.8 Å². The van der Waals surface area contributed by atoms with Gasteiger partial charge in [0.25, 0.3) is 0 Å². The third-order valence-electron chi connectivity index (χ3n) is 5.28. The molecule has 4 rings (SSSR count). The number of carbonyl (C=O) groups is 2. The molecule has 2 fully saturated rings. The zero-order valence-electron chi connectivity index (χ0n) is 13.7. The highest BCUT2D eigenvalue weighted by atomic mass is 32.2. The molecule has 0 radical (unpaired) electrons. The smallest absolute Gasteiger partial charge is 0.249 e. The summed E-state index contributed by atoms with van der Waals surface area (Å²) in [4.78, 5) is 27.3. The Morgan fingerprint density at radius 1 is 1.12 bits per heavy atom. The van der Waals surface area contributed by atoms with Gasteiger partial charge in [-0.05, 0) is 49.9 Å². The molecule has 0 spiro atoms. The first-order valence-corrected chi connectivity index (χ1v) is 9.79. The van der Waals surface area contributed by atoms with Gasteiger partial charge < -0.3 is 10.2 Å². The summed E-state index contributed by atoms with van der Waals surface area (Å²) < 4.78 is 0. The maximum atomic E-state index is 12.3. The van der Waals surface area contributed by atoms with E-state index in [-0.39, 0.29) is 17.9 Å². The van der Waals surface area contributed by atoms with Gasteiger partial charge in [0.1, 0.15) is 6.04 Å². The van der Waals surface area contributed by atoms with Crippen molar-refractivity contribution in [2.45, 2.75) is 42.5 Å². The fourth-order valence-corrected chi connectivity index (χ4v) is 5.28. The van der Waals surface area contributed by atoms with E-state index in [1.165, 1.54) is 29.0 Å². The second-order valence-corrected chi connectivity index (χ2v) is 7.83. The monoisotopic (exact) mass is 345 g/mol. The van der Waals surface area contributed by atoms with Crippen molar-refractivity contribution in [1.29, 1.82) is 0 Å². The summed E-state index contributed by atoms with van der Waals surface area (Å²) in [5.41, 5.74) is 2.62. The van der Waals surface area contributed by atoms with E-state index in [1.807, 2.05) is 11.8 Å². The van der Waals surface area contributed by atoms with Crippen molar-refractivity contribution >= 4 is 29.3 Å². The van der Waals surface area contributed by atoms with Crippen LogP contribution in [-0.2, 0) is 9.59 Å². The number of nitrogens with zero attached hydrogens (tertiary/aromatic N) is 1. The predicted molar refractivity (Wildman–Crippen MR) is 95.5 cm³/mol. The topological polar surface area (TPSA) is 61.4 Å². The van der Waals surface area contributed by atoms with Crippen LogP contribution in [0.4, 0.5) is 5.69 Å². The predicted octanol–water partition coefficient (Wildman–Crippen LogP) is 1.87. The number of thioether (sulfide) groups is 1. The first-order valence-electron chi connectivity index (χ1n) is 8.81. The van der Waals surface area contributed by atoms with Crippen LogP contribution in [0.15, 0.2) is 23.1 Å². The van der Waals surface area contributed by atoms with Gasteiger partial charge in [0.15, 0.2) is 0 Å². The van der Waals surface area contributed by atoms with E-state index in [4.69, 9.17) is 0 Å². The third-order valence-corrected chi connectivity index (χ3v) is 6.40. The lowest BCUT2D eigenvalue weighted by Crippen LogP contribution is -2.54. The van der Waals surface area contributed by atoms with Gasteiger partial charge in [0.05, 0.1) is 5.69 Å². The fourth-order valence-electron chi connectivity index (χ4n) is 4.05. The van der Waals surface area contributed by atoms with Crippen LogP contribution in [0, 0.1) is 0 Å². The number of piperidine rings is 2. The normalized spacial score (nSPS) is 25.3. The Bertz CT molecular complexity index is 658. The molecule has 3 aliphatic heterocycles. The van der Waals surface area contributed by atoms with Crippen molar-refractivity contribution in [1.82, 2.24) is 10.6 Å². The molecule has 1 unspecified atom stereocenters. The van der Waals surface area contributed by atoms with Crippen LogP contribution in [0.3, 0.4) is 0 Å². The summed E-state index contributed by atoms with van der Waals surface area (Å²) in [6.45, 7) is 3.02. The number of carbonyl (C=O) groups excluding carboxylic acids is 2. The number of rotatable bonds is 2. The Morgan fingerprint density at radius 3 is 2.75 bits per heavy atom. The number of imide groups is 1. The van der Waals surface area contributed by atoms with Crippen LogP contribution in [0.1, 0.15) is 37.2 Å². The summed E-state index contributed by atoms with van der Waals surface area (Å²) >= 11 is 1.92. The Labute approximate surface area is 146 Å². The zero-order valence-corrected chi connectivity index (χ0v) is 14.5. The molecule has 0 aliphatic carbocycles. The molecule has 1 atom stereocenters. The standard InChI is InChI=1S/C18H23N3O2S/c22-16-5-4-15(18(23)20-16)21-10-11-24-17-13(2-1-3-14(17)21)12-6-8-19-9-7-12/h1-3,12,15,19H,4-11H2,(H,20,22,23). The maximum Gasteiger partial charge on any atom is 0.249 e. The van der Waals surface area contributed by atoms with E-state index < -0.39 is 0 Å². The van der Waals surface area contributed by atoms with Gasteiger partial charge in [-0.1, -0.05) is 12.1 Å². The molecule has 6 heteroatoms. The highest BCUT2D eigenvalue weighted by molar-refractivity contribution is 7.99. The van der Waals surface area contributed by atoms with Crippen LogP contribution in [0.25, 0.3) is 0 Å². The Balaban J connectivity index is 1.65. The minimum absolute atomic E-state index is 0.142. The SMILES string of the molecule is O=C1CCC(N2CCSc3c(C4CCNCC4)cccc32)C(=O)N1. The third kappa shape index (κ3) is 2.93. The molecular weight excluding hydrogens is 322 g/mol. The number of nitrogens with one attached hydrogen (secondary N) is 2. The molecule has 0 bridgehead atoms. The lowest BCUT2D eigenvalue weighted by Gasteiger charge is -2.39. The molecule has 3 aliphatic rings. The molecule has 2 saturated heterocycles. The quantitative estimate of drug-likeness (QED) is 0.802. The van der Waals surface area contributed by atoms with Crippen LogP contribution in [-0.4, -0.2) is 43.2 Å². The number of benzene rings is 1. The number of amides is 2. The largest absolute Gasteiger partial charge is 0.358 e.